The lowest BCUT2D eigenvalue weighted by atomic mass is 9.89. The molecule has 92 valence electrons. The van der Waals surface area contributed by atoms with Crippen molar-refractivity contribution >= 4 is 0 Å². The van der Waals surface area contributed by atoms with Crippen LogP contribution in [0.1, 0.15) is 18.5 Å². The molecule has 0 amide bonds. The molecule has 2 aliphatic rings. The summed E-state index contributed by atoms with van der Waals surface area (Å²) in [5, 5.41) is 0. The molecule has 3 heteroatoms. The van der Waals surface area contributed by atoms with Gasteiger partial charge in [0.15, 0.2) is 0 Å². The van der Waals surface area contributed by atoms with Gasteiger partial charge in [0.2, 0.25) is 0 Å². The summed E-state index contributed by atoms with van der Waals surface area (Å²) in [7, 11) is 0. The maximum atomic E-state index is 5.62. The van der Waals surface area contributed by atoms with Gasteiger partial charge in [0.1, 0.15) is 6.79 Å². The average Bonchev–Trinajstić information content (AvgIpc) is 3.18. The van der Waals surface area contributed by atoms with Crippen LogP contribution in [0, 0.1) is 5.92 Å². The molecule has 0 aromatic heterocycles. The van der Waals surface area contributed by atoms with Crippen LogP contribution in [0.4, 0.5) is 0 Å². The van der Waals surface area contributed by atoms with Crippen LogP contribution in [0.2, 0.25) is 0 Å². The molecule has 0 spiro atoms. The summed E-state index contributed by atoms with van der Waals surface area (Å²) in [5.74, 6) is 0.439. The van der Waals surface area contributed by atoms with Gasteiger partial charge in [0, 0.05) is 25.0 Å². The van der Waals surface area contributed by atoms with Gasteiger partial charge in [-0.25, -0.2) is 0 Å². The highest BCUT2D eigenvalue weighted by atomic mass is 16.7. The largest absolute Gasteiger partial charge is 0.355 e. The average molecular weight is 233 g/mol. The van der Waals surface area contributed by atoms with Crippen LogP contribution in [0.15, 0.2) is 30.3 Å². The first-order valence-electron chi connectivity index (χ1n) is 6.34. The summed E-state index contributed by atoms with van der Waals surface area (Å²) < 4.78 is 11.1. The van der Waals surface area contributed by atoms with Crippen LogP contribution in [0.5, 0.6) is 0 Å². The third kappa shape index (κ3) is 2.37. The summed E-state index contributed by atoms with van der Waals surface area (Å²) in [6.45, 7) is 5.80. The Kier molecular flexibility index (Phi) is 3.14. The van der Waals surface area contributed by atoms with Gasteiger partial charge in [-0.15, -0.1) is 0 Å². The normalized spacial score (nSPS) is 31.1. The summed E-state index contributed by atoms with van der Waals surface area (Å²) in [6, 6.07) is 11.2. The zero-order valence-electron chi connectivity index (χ0n) is 10.2. The first-order valence-corrected chi connectivity index (χ1v) is 6.34. The Bertz CT molecular complexity index is 364. The van der Waals surface area contributed by atoms with E-state index < -0.39 is 0 Å². The predicted octanol–water partition coefficient (Wildman–Crippen LogP) is 2.05. The minimum absolute atomic E-state index is 0.273. The molecule has 2 aliphatic heterocycles. The minimum Gasteiger partial charge on any atom is -0.355 e. The maximum absolute atomic E-state index is 5.62. The fourth-order valence-corrected chi connectivity index (χ4v) is 2.66. The molecule has 1 aromatic carbocycles. The number of hydrogen-bond donors (Lipinski definition) is 0. The number of rotatable bonds is 3. The zero-order valence-corrected chi connectivity index (χ0v) is 10.2. The SMILES string of the molecule is CC1OCOCC1C(c1ccccc1)N1CC1. The fraction of sp³-hybridized carbons (Fsp3) is 0.571. The Morgan fingerprint density at radius 1 is 1.24 bits per heavy atom. The quantitative estimate of drug-likeness (QED) is 0.746. The van der Waals surface area contributed by atoms with E-state index in [1.807, 2.05) is 0 Å². The Balaban J connectivity index is 1.84. The number of benzene rings is 1. The van der Waals surface area contributed by atoms with Crippen molar-refractivity contribution in [1.29, 1.82) is 0 Å². The van der Waals surface area contributed by atoms with Gasteiger partial charge in [-0.3, -0.25) is 4.90 Å². The third-order valence-corrected chi connectivity index (χ3v) is 3.75. The molecule has 0 radical (unpaired) electrons. The second kappa shape index (κ2) is 4.77. The monoisotopic (exact) mass is 233 g/mol. The smallest absolute Gasteiger partial charge is 0.147 e. The van der Waals surface area contributed by atoms with E-state index in [0.717, 1.165) is 6.61 Å². The van der Waals surface area contributed by atoms with E-state index in [4.69, 9.17) is 9.47 Å². The molecule has 2 heterocycles. The first kappa shape index (κ1) is 11.2. The zero-order chi connectivity index (χ0) is 11.7. The minimum atomic E-state index is 0.273. The molecule has 0 saturated carbocycles. The van der Waals surface area contributed by atoms with E-state index in [9.17, 15) is 0 Å². The highest BCUT2D eigenvalue weighted by Crippen LogP contribution is 2.37. The second-order valence-corrected chi connectivity index (χ2v) is 4.92. The molecule has 17 heavy (non-hydrogen) atoms. The summed E-state index contributed by atoms with van der Waals surface area (Å²) in [4.78, 5) is 2.49. The maximum Gasteiger partial charge on any atom is 0.147 e. The van der Waals surface area contributed by atoms with Gasteiger partial charge >= 0.3 is 0 Å². The van der Waals surface area contributed by atoms with Crippen molar-refractivity contribution in [1.82, 2.24) is 4.90 Å². The summed E-state index contributed by atoms with van der Waals surface area (Å²) >= 11 is 0. The van der Waals surface area contributed by atoms with Gasteiger partial charge in [-0.05, 0) is 12.5 Å². The van der Waals surface area contributed by atoms with E-state index in [0.29, 0.717) is 18.8 Å². The standard InChI is InChI=1S/C14H19NO2/c1-11-13(9-16-10-17-11)14(15-7-8-15)12-5-3-2-4-6-12/h2-6,11,13-14H,7-10H2,1H3. The van der Waals surface area contributed by atoms with E-state index in [1.54, 1.807) is 0 Å². The molecule has 1 aromatic rings. The van der Waals surface area contributed by atoms with Crippen LogP contribution in [0.3, 0.4) is 0 Å². The molecule has 2 fully saturated rings. The molecular formula is C14H19NO2. The van der Waals surface area contributed by atoms with Crippen LogP contribution in [0.25, 0.3) is 0 Å². The molecule has 0 aliphatic carbocycles. The number of hydrogen-bond acceptors (Lipinski definition) is 3. The van der Waals surface area contributed by atoms with E-state index in [-0.39, 0.29) is 6.10 Å². The van der Waals surface area contributed by atoms with Crippen LogP contribution in [-0.4, -0.2) is 37.5 Å². The van der Waals surface area contributed by atoms with Crippen molar-refractivity contribution in [3.05, 3.63) is 35.9 Å². The topological polar surface area (TPSA) is 21.5 Å². The van der Waals surface area contributed by atoms with Crippen LogP contribution < -0.4 is 0 Å². The summed E-state index contributed by atoms with van der Waals surface area (Å²) in [6.07, 6.45) is 0.273. The Hall–Kier alpha value is -0.900. The van der Waals surface area contributed by atoms with E-state index in [2.05, 4.69) is 42.2 Å². The Morgan fingerprint density at radius 2 is 2.00 bits per heavy atom. The van der Waals surface area contributed by atoms with Gasteiger partial charge in [-0.1, -0.05) is 30.3 Å². The van der Waals surface area contributed by atoms with E-state index >= 15 is 0 Å². The van der Waals surface area contributed by atoms with Gasteiger partial charge in [0.25, 0.3) is 0 Å². The van der Waals surface area contributed by atoms with Crippen LogP contribution >= 0.6 is 0 Å². The van der Waals surface area contributed by atoms with Gasteiger partial charge in [-0.2, -0.15) is 0 Å². The summed E-state index contributed by atoms with van der Waals surface area (Å²) in [5.41, 5.74) is 1.39. The molecule has 0 bridgehead atoms. The lowest BCUT2D eigenvalue weighted by molar-refractivity contribution is -0.174. The Morgan fingerprint density at radius 3 is 2.65 bits per heavy atom. The molecule has 2 saturated heterocycles. The molecule has 3 rings (SSSR count). The van der Waals surface area contributed by atoms with Crippen molar-refractivity contribution in [3.63, 3.8) is 0 Å². The first-order chi connectivity index (χ1) is 8.36. The van der Waals surface area contributed by atoms with E-state index in [1.165, 1.54) is 18.7 Å². The predicted molar refractivity (Wildman–Crippen MR) is 65.6 cm³/mol. The van der Waals surface area contributed by atoms with Crippen molar-refractivity contribution in [3.8, 4) is 0 Å². The molecule has 3 nitrogen and oxygen atoms in total. The second-order valence-electron chi connectivity index (χ2n) is 4.92. The fourth-order valence-electron chi connectivity index (χ4n) is 2.66. The molecule has 3 unspecified atom stereocenters. The number of nitrogens with zero attached hydrogens (tertiary/aromatic N) is 1. The van der Waals surface area contributed by atoms with Gasteiger partial charge in [0.05, 0.1) is 12.7 Å². The molecular weight excluding hydrogens is 214 g/mol. The van der Waals surface area contributed by atoms with Gasteiger partial charge < -0.3 is 9.47 Å². The lowest BCUT2D eigenvalue weighted by Gasteiger charge is -2.36. The lowest BCUT2D eigenvalue weighted by Crippen LogP contribution is -2.38. The third-order valence-electron chi connectivity index (χ3n) is 3.75. The van der Waals surface area contributed by atoms with Crippen molar-refractivity contribution < 1.29 is 9.47 Å². The number of ether oxygens (including phenoxy) is 2. The highest BCUT2D eigenvalue weighted by molar-refractivity contribution is 5.21. The highest BCUT2D eigenvalue weighted by Gasteiger charge is 2.39. The molecule has 0 N–H and O–H groups in total. The Labute approximate surface area is 102 Å². The van der Waals surface area contributed by atoms with Crippen molar-refractivity contribution in [2.45, 2.75) is 19.1 Å². The van der Waals surface area contributed by atoms with Crippen molar-refractivity contribution in [2.24, 2.45) is 5.92 Å². The molecule has 3 atom stereocenters. The van der Waals surface area contributed by atoms with Crippen molar-refractivity contribution in [2.75, 3.05) is 26.5 Å². The van der Waals surface area contributed by atoms with Crippen LogP contribution in [-0.2, 0) is 9.47 Å².